The fourth-order valence-corrected chi connectivity index (χ4v) is 1.94. The molecule has 0 spiro atoms. The zero-order valence-electron chi connectivity index (χ0n) is 9.44. The summed E-state index contributed by atoms with van der Waals surface area (Å²) in [4.78, 5) is 11.8. The highest BCUT2D eigenvalue weighted by Crippen LogP contribution is 2.13. The summed E-state index contributed by atoms with van der Waals surface area (Å²) in [7, 11) is 0. The molecule has 0 N–H and O–H groups in total. The summed E-state index contributed by atoms with van der Waals surface area (Å²) in [5, 5.41) is 0. The van der Waals surface area contributed by atoms with E-state index in [0.29, 0.717) is 5.56 Å². The molecule has 0 saturated carbocycles. The molecule has 2 rings (SSSR count). The van der Waals surface area contributed by atoms with Gasteiger partial charge in [0.15, 0.2) is 5.78 Å². The quantitative estimate of drug-likeness (QED) is 0.603. The van der Waals surface area contributed by atoms with Crippen LogP contribution in [-0.4, -0.2) is 5.78 Å². The van der Waals surface area contributed by atoms with Crippen molar-refractivity contribution in [3.63, 3.8) is 0 Å². The molecule has 0 saturated heterocycles. The Hall–Kier alpha value is -1.74. The molecule has 0 atom stereocenters. The Labute approximate surface area is 113 Å². The fraction of sp³-hybridized carbons (Fsp3) is 0. The second kappa shape index (κ2) is 5.74. The van der Waals surface area contributed by atoms with Crippen molar-refractivity contribution in [2.45, 2.75) is 0 Å². The normalized spacial score (nSPS) is 10.8. The van der Waals surface area contributed by atoms with Crippen molar-refractivity contribution >= 4 is 27.8 Å². The van der Waals surface area contributed by atoms with Gasteiger partial charge in [-0.2, -0.15) is 0 Å². The SMILES string of the molecule is O=C(/C=C/c1cccc(Br)c1)c1cccc(F)c1. The smallest absolute Gasteiger partial charge is 0.185 e. The first kappa shape index (κ1) is 12.7. The summed E-state index contributed by atoms with van der Waals surface area (Å²) >= 11 is 3.36. The first-order chi connectivity index (χ1) is 8.65. The largest absolute Gasteiger partial charge is 0.289 e. The van der Waals surface area contributed by atoms with Crippen molar-refractivity contribution in [1.29, 1.82) is 0 Å². The van der Waals surface area contributed by atoms with Crippen molar-refractivity contribution < 1.29 is 9.18 Å². The van der Waals surface area contributed by atoms with Gasteiger partial charge in [-0.15, -0.1) is 0 Å². The van der Waals surface area contributed by atoms with Crippen LogP contribution in [0.5, 0.6) is 0 Å². The van der Waals surface area contributed by atoms with Crippen LogP contribution < -0.4 is 0 Å². The molecule has 1 nitrogen and oxygen atoms in total. The van der Waals surface area contributed by atoms with Gasteiger partial charge in [-0.1, -0.05) is 46.3 Å². The molecule has 0 aliphatic carbocycles. The fourth-order valence-electron chi connectivity index (χ4n) is 1.52. The van der Waals surface area contributed by atoms with Crippen molar-refractivity contribution in [2.24, 2.45) is 0 Å². The Morgan fingerprint density at radius 3 is 2.61 bits per heavy atom. The van der Waals surface area contributed by atoms with Gasteiger partial charge in [0.2, 0.25) is 0 Å². The third-order valence-electron chi connectivity index (χ3n) is 2.38. The average Bonchev–Trinajstić information content (AvgIpc) is 2.36. The van der Waals surface area contributed by atoms with Crippen LogP contribution in [0.1, 0.15) is 15.9 Å². The zero-order chi connectivity index (χ0) is 13.0. The van der Waals surface area contributed by atoms with E-state index in [1.807, 2.05) is 24.3 Å². The Morgan fingerprint density at radius 1 is 1.11 bits per heavy atom. The lowest BCUT2D eigenvalue weighted by Crippen LogP contribution is -1.94. The van der Waals surface area contributed by atoms with Crippen molar-refractivity contribution in [3.05, 3.63) is 76.0 Å². The van der Waals surface area contributed by atoms with Crippen LogP contribution in [0.3, 0.4) is 0 Å². The molecule has 90 valence electrons. The number of ketones is 1. The third kappa shape index (κ3) is 3.37. The molecule has 2 aromatic rings. The maximum absolute atomic E-state index is 13.0. The van der Waals surface area contributed by atoms with Crippen LogP contribution in [0, 0.1) is 5.82 Å². The van der Waals surface area contributed by atoms with E-state index in [4.69, 9.17) is 0 Å². The summed E-state index contributed by atoms with van der Waals surface area (Å²) in [5.41, 5.74) is 1.26. The Balaban J connectivity index is 2.17. The molecule has 0 aromatic heterocycles. The Kier molecular flexibility index (Phi) is 4.05. The van der Waals surface area contributed by atoms with E-state index in [9.17, 15) is 9.18 Å². The molecular formula is C15H10BrFO. The molecule has 0 amide bonds. The average molecular weight is 305 g/mol. The van der Waals surface area contributed by atoms with Gasteiger partial charge in [-0.3, -0.25) is 4.79 Å². The van der Waals surface area contributed by atoms with Gasteiger partial charge in [-0.25, -0.2) is 4.39 Å². The van der Waals surface area contributed by atoms with E-state index >= 15 is 0 Å². The van der Waals surface area contributed by atoms with E-state index in [1.54, 1.807) is 12.1 Å². The summed E-state index contributed by atoms with van der Waals surface area (Å²) in [5.74, 6) is -0.619. The number of hydrogen-bond acceptors (Lipinski definition) is 1. The maximum atomic E-state index is 13.0. The minimum atomic E-state index is -0.406. The number of benzene rings is 2. The monoisotopic (exact) mass is 304 g/mol. The Morgan fingerprint density at radius 2 is 1.89 bits per heavy atom. The van der Waals surface area contributed by atoms with Gasteiger partial charge >= 0.3 is 0 Å². The highest BCUT2D eigenvalue weighted by Gasteiger charge is 2.02. The third-order valence-corrected chi connectivity index (χ3v) is 2.88. The van der Waals surface area contributed by atoms with Gasteiger partial charge in [-0.05, 0) is 35.9 Å². The second-order valence-electron chi connectivity index (χ2n) is 3.76. The number of carbonyl (C=O) groups is 1. The van der Waals surface area contributed by atoms with Crippen molar-refractivity contribution in [3.8, 4) is 0 Å². The molecular weight excluding hydrogens is 295 g/mol. The summed E-state index contributed by atoms with van der Waals surface area (Å²) in [6.45, 7) is 0. The van der Waals surface area contributed by atoms with E-state index in [0.717, 1.165) is 10.0 Å². The number of carbonyl (C=O) groups excluding carboxylic acids is 1. The predicted octanol–water partition coefficient (Wildman–Crippen LogP) is 4.48. The lowest BCUT2D eigenvalue weighted by molar-refractivity contribution is 0.104. The first-order valence-electron chi connectivity index (χ1n) is 5.39. The predicted molar refractivity (Wildman–Crippen MR) is 73.9 cm³/mol. The van der Waals surface area contributed by atoms with Crippen LogP contribution in [0.25, 0.3) is 6.08 Å². The van der Waals surface area contributed by atoms with Gasteiger partial charge < -0.3 is 0 Å². The molecule has 0 aliphatic heterocycles. The Bertz CT molecular complexity index is 605. The van der Waals surface area contributed by atoms with Crippen LogP contribution >= 0.6 is 15.9 Å². The number of halogens is 2. The minimum Gasteiger partial charge on any atom is -0.289 e. The van der Waals surface area contributed by atoms with Crippen LogP contribution in [0.4, 0.5) is 4.39 Å². The standard InChI is InChI=1S/C15H10BrFO/c16-13-5-1-3-11(9-13)7-8-15(18)12-4-2-6-14(17)10-12/h1-10H/b8-7+. The zero-order valence-corrected chi connectivity index (χ0v) is 11.0. The van der Waals surface area contributed by atoms with Crippen LogP contribution in [0.15, 0.2) is 59.1 Å². The summed E-state index contributed by atoms with van der Waals surface area (Å²) in [6.07, 6.45) is 3.15. The van der Waals surface area contributed by atoms with E-state index in [1.165, 1.54) is 24.3 Å². The van der Waals surface area contributed by atoms with E-state index < -0.39 is 5.82 Å². The molecule has 2 aromatic carbocycles. The molecule has 18 heavy (non-hydrogen) atoms. The summed E-state index contributed by atoms with van der Waals surface area (Å²) < 4.78 is 13.9. The van der Waals surface area contributed by atoms with Crippen molar-refractivity contribution in [1.82, 2.24) is 0 Å². The highest BCUT2D eigenvalue weighted by atomic mass is 79.9. The molecule has 0 unspecified atom stereocenters. The number of rotatable bonds is 3. The topological polar surface area (TPSA) is 17.1 Å². The van der Waals surface area contributed by atoms with Crippen molar-refractivity contribution in [2.75, 3.05) is 0 Å². The number of allylic oxidation sites excluding steroid dienone is 1. The van der Waals surface area contributed by atoms with Gasteiger partial charge in [0, 0.05) is 10.0 Å². The molecule has 3 heteroatoms. The minimum absolute atomic E-state index is 0.213. The summed E-state index contributed by atoms with van der Waals surface area (Å²) in [6, 6.07) is 13.2. The lowest BCUT2D eigenvalue weighted by atomic mass is 10.1. The van der Waals surface area contributed by atoms with Gasteiger partial charge in [0.1, 0.15) is 5.82 Å². The molecule has 0 bridgehead atoms. The maximum Gasteiger partial charge on any atom is 0.185 e. The second-order valence-corrected chi connectivity index (χ2v) is 4.68. The van der Waals surface area contributed by atoms with E-state index in [2.05, 4.69) is 15.9 Å². The van der Waals surface area contributed by atoms with Crippen LogP contribution in [0.2, 0.25) is 0 Å². The highest BCUT2D eigenvalue weighted by molar-refractivity contribution is 9.10. The molecule has 0 radical (unpaired) electrons. The first-order valence-corrected chi connectivity index (χ1v) is 6.18. The van der Waals surface area contributed by atoms with E-state index in [-0.39, 0.29) is 5.78 Å². The molecule has 0 aliphatic rings. The van der Waals surface area contributed by atoms with Crippen LogP contribution in [-0.2, 0) is 0 Å². The lowest BCUT2D eigenvalue weighted by Gasteiger charge is -1.96. The number of hydrogen-bond donors (Lipinski definition) is 0. The molecule has 0 fully saturated rings. The molecule has 0 heterocycles. The van der Waals surface area contributed by atoms with Gasteiger partial charge in [0.05, 0.1) is 0 Å². The van der Waals surface area contributed by atoms with Gasteiger partial charge in [0.25, 0.3) is 0 Å².